The molecular formula is C26H25F2NO3S. The molecule has 3 aromatic carbocycles. The molecule has 1 fully saturated rings. The van der Waals surface area contributed by atoms with Gasteiger partial charge < -0.3 is 19.5 Å². The molecule has 3 unspecified atom stereocenters. The van der Waals surface area contributed by atoms with Crippen molar-refractivity contribution in [2.45, 2.75) is 29.4 Å². The first-order valence-corrected chi connectivity index (χ1v) is 11.7. The molecule has 0 aliphatic carbocycles. The van der Waals surface area contributed by atoms with Gasteiger partial charge in [-0.1, -0.05) is 18.2 Å². The number of rotatable bonds is 7. The summed E-state index contributed by atoms with van der Waals surface area (Å²) in [4.78, 5) is 14.2. The number of aldehydes is 1. The van der Waals surface area contributed by atoms with Gasteiger partial charge in [-0.15, -0.1) is 11.8 Å². The lowest BCUT2D eigenvalue weighted by atomic mass is 9.79. The van der Waals surface area contributed by atoms with Gasteiger partial charge in [0.05, 0.1) is 17.2 Å². The van der Waals surface area contributed by atoms with Crippen molar-refractivity contribution in [1.82, 2.24) is 0 Å². The number of phenolic OH excluding ortho intramolecular Hbond substituents is 1. The van der Waals surface area contributed by atoms with Crippen LogP contribution in [0.5, 0.6) is 11.5 Å². The Hall–Kier alpha value is -3.06. The van der Waals surface area contributed by atoms with Crippen molar-refractivity contribution in [3.05, 3.63) is 89.5 Å². The lowest BCUT2D eigenvalue weighted by molar-refractivity contribution is -0.107. The van der Waals surface area contributed by atoms with Gasteiger partial charge in [0.25, 0.3) is 0 Å². The molecule has 0 saturated carbocycles. The molecule has 7 heteroatoms. The third-order valence-corrected chi connectivity index (χ3v) is 7.62. The molecule has 0 spiro atoms. The van der Waals surface area contributed by atoms with Crippen LogP contribution in [0.2, 0.25) is 0 Å². The molecule has 0 amide bonds. The average Bonchev–Trinajstić information content (AvgIpc) is 3.21. The van der Waals surface area contributed by atoms with Gasteiger partial charge in [0.15, 0.2) is 11.5 Å². The van der Waals surface area contributed by atoms with Crippen LogP contribution in [-0.4, -0.2) is 35.7 Å². The monoisotopic (exact) mass is 469 g/mol. The second kappa shape index (κ2) is 9.83. The highest BCUT2D eigenvalue weighted by atomic mass is 32.2. The standard InChI is InChI=1S/C26H25F2NO3S/c1-3-32-22-14-17(6-13-21(22)31)24-23(15-30)33-26(25(24)16-4-7-18(27)8-5-16)29(2)20-11-9-19(28)10-12-20/h4-15,23-26,31H,3H2,1-2H3/t23?,24-,25?,26?/m0/s1. The first kappa shape index (κ1) is 23.1. The summed E-state index contributed by atoms with van der Waals surface area (Å²) < 4.78 is 32.8. The molecule has 4 atom stereocenters. The van der Waals surface area contributed by atoms with Gasteiger partial charge in [-0.2, -0.15) is 0 Å². The minimum atomic E-state index is -0.382. The largest absolute Gasteiger partial charge is 0.504 e. The number of hydrogen-bond acceptors (Lipinski definition) is 5. The van der Waals surface area contributed by atoms with E-state index in [2.05, 4.69) is 0 Å². The van der Waals surface area contributed by atoms with E-state index in [-0.39, 0.29) is 39.8 Å². The summed E-state index contributed by atoms with van der Waals surface area (Å²) in [7, 11) is 1.91. The van der Waals surface area contributed by atoms with Crippen LogP contribution in [0.15, 0.2) is 66.7 Å². The molecular weight excluding hydrogens is 444 g/mol. The lowest BCUT2D eigenvalue weighted by Gasteiger charge is -2.33. The van der Waals surface area contributed by atoms with Gasteiger partial charge >= 0.3 is 0 Å². The Morgan fingerprint density at radius 2 is 1.58 bits per heavy atom. The highest BCUT2D eigenvalue weighted by Gasteiger charge is 2.47. The van der Waals surface area contributed by atoms with E-state index in [0.717, 1.165) is 23.1 Å². The molecule has 172 valence electrons. The fourth-order valence-electron chi connectivity index (χ4n) is 4.45. The average molecular weight is 470 g/mol. The van der Waals surface area contributed by atoms with Crippen molar-refractivity contribution in [3.8, 4) is 11.5 Å². The maximum absolute atomic E-state index is 13.7. The molecule has 33 heavy (non-hydrogen) atoms. The quantitative estimate of drug-likeness (QED) is 0.449. The molecule has 0 aromatic heterocycles. The molecule has 1 aliphatic rings. The summed E-state index contributed by atoms with van der Waals surface area (Å²) in [5, 5.41) is 9.62. The van der Waals surface area contributed by atoms with E-state index >= 15 is 0 Å². The van der Waals surface area contributed by atoms with Crippen LogP contribution in [0.1, 0.15) is 29.9 Å². The van der Waals surface area contributed by atoms with Crippen molar-refractivity contribution in [3.63, 3.8) is 0 Å². The predicted octanol–water partition coefficient (Wildman–Crippen LogP) is 5.71. The smallest absolute Gasteiger partial charge is 0.161 e. The zero-order valence-electron chi connectivity index (χ0n) is 18.3. The van der Waals surface area contributed by atoms with Gasteiger partial charge in [0.1, 0.15) is 17.9 Å². The number of carbonyl (C=O) groups excluding carboxylic acids is 1. The summed E-state index contributed by atoms with van der Waals surface area (Å²) in [5.74, 6) is -0.687. The number of benzene rings is 3. The number of ether oxygens (including phenoxy) is 1. The van der Waals surface area contributed by atoms with Crippen LogP contribution in [0.3, 0.4) is 0 Å². The van der Waals surface area contributed by atoms with E-state index in [1.54, 1.807) is 42.5 Å². The number of halogens is 2. The minimum Gasteiger partial charge on any atom is -0.504 e. The molecule has 1 N–H and O–H groups in total. The highest BCUT2D eigenvalue weighted by Crippen LogP contribution is 2.55. The Morgan fingerprint density at radius 3 is 2.18 bits per heavy atom. The fraction of sp³-hybridized carbons (Fsp3) is 0.269. The van der Waals surface area contributed by atoms with Crippen LogP contribution in [0.25, 0.3) is 0 Å². The van der Waals surface area contributed by atoms with Gasteiger partial charge in [-0.05, 0) is 66.6 Å². The first-order chi connectivity index (χ1) is 15.9. The second-order valence-electron chi connectivity index (χ2n) is 7.98. The number of likely N-dealkylation sites (N-methyl/N-ethyl adjacent to an activating group) is 1. The van der Waals surface area contributed by atoms with E-state index in [1.165, 1.54) is 36.0 Å². The van der Waals surface area contributed by atoms with Crippen molar-refractivity contribution in [2.75, 3.05) is 18.6 Å². The molecule has 4 rings (SSSR count). The van der Waals surface area contributed by atoms with Gasteiger partial charge in [0.2, 0.25) is 0 Å². The maximum atomic E-state index is 13.7. The number of anilines is 1. The number of carbonyl (C=O) groups is 1. The lowest BCUT2D eigenvalue weighted by Crippen LogP contribution is -2.33. The number of thioether (sulfide) groups is 1. The molecule has 1 heterocycles. The van der Waals surface area contributed by atoms with Crippen molar-refractivity contribution in [2.24, 2.45) is 0 Å². The van der Waals surface area contributed by atoms with Crippen molar-refractivity contribution in [1.29, 1.82) is 0 Å². The third kappa shape index (κ3) is 4.69. The minimum absolute atomic E-state index is 0.0345. The fourth-order valence-corrected chi connectivity index (χ4v) is 6.13. The summed E-state index contributed by atoms with van der Waals surface area (Å²) in [5.41, 5.74) is 2.56. The maximum Gasteiger partial charge on any atom is 0.161 e. The van der Waals surface area contributed by atoms with Gasteiger partial charge in [-0.25, -0.2) is 8.78 Å². The van der Waals surface area contributed by atoms with Crippen LogP contribution in [-0.2, 0) is 4.79 Å². The summed E-state index contributed by atoms with van der Waals surface area (Å²) in [6.45, 7) is 2.23. The topological polar surface area (TPSA) is 49.8 Å². The second-order valence-corrected chi connectivity index (χ2v) is 9.28. The van der Waals surface area contributed by atoms with E-state index in [0.29, 0.717) is 12.4 Å². The zero-order valence-corrected chi connectivity index (χ0v) is 19.1. The van der Waals surface area contributed by atoms with Crippen LogP contribution >= 0.6 is 11.8 Å². The summed E-state index contributed by atoms with van der Waals surface area (Å²) in [6.07, 6.45) is 0.942. The number of aromatic hydroxyl groups is 1. The Balaban J connectivity index is 1.81. The van der Waals surface area contributed by atoms with Crippen LogP contribution < -0.4 is 9.64 Å². The van der Waals surface area contributed by atoms with Crippen molar-refractivity contribution < 1.29 is 23.4 Å². The third-order valence-electron chi connectivity index (χ3n) is 6.02. The summed E-state index contributed by atoms with van der Waals surface area (Å²) >= 11 is 1.52. The van der Waals surface area contributed by atoms with E-state index < -0.39 is 0 Å². The molecule has 4 nitrogen and oxygen atoms in total. The SMILES string of the molecule is CCOc1cc([C@H]2C(C=O)SC(N(C)c3ccc(F)cc3)C2c2ccc(F)cc2)ccc1O. The molecule has 1 aliphatic heterocycles. The van der Waals surface area contributed by atoms with Crippen LogP contribution in [0.4, 0.5) is 14.5 Å². The first-order valence-electron chi connectivity index (χ1n) is 10.7. The Kier molecular flexibility index (Phi) is 6.88. The number of nitrogens with zero attached hydrogens (tertiary/aromatic N) is 1. The summed E-state index contributed by atoms with van der Waals surface area (Å²) in [6, 6.07) is 17.7. The van der Waals surface area contributed by atoms with Crippen molar-refractivity contribution >= 4 is 23.7 Å². The van der Waals surface area contributed by atoms with Gasteiger partial charge in [0, 0.05) is 24.6 Å². The Labute approximate surface area is 196 Å². The van der Waals surface area contributed by atoms with E-state index in [4.69, 9.17) is 4.74 Å². The van der Waals surface area contributed by atoms with E-state index in [9.17, 15) is 18.7 Å². The molecule has 0 bridgehead atoms. The number of hydrogen-bond donors (Lipinski definition) is 1. The number of phenols is 1. The van der Waals surface area contributed by atoms with Crippen LogP contribution in [0, 0.1) is 11.6 Å². The zero-order chi connectivity index (χ0) is 23.5. The highest BCUT2D eigenvalue weighted by molar-refractivity contribution is 8.01. The molecule has 3 aromatic rings. The Morgan fingerprint density at radius 1 is 0.970 bits per heavy atom. The molecule has 0 radical (unpaired) electrons. The van der Waals surface area contributed by atoms with Gasteiger partial charge in [-0.3, -0.25) is 0 Å². The normalized spacial score (nSPS) is 22.2. The van der Waals surface area contributed by atoms with E-state index in [1.807, 2.05) is 18.9 Å². The molecule has 1 saturated heterocycles. The Bertz CT molecular complexity index is 1110. The predicted molar refractivity (Wildman–Crippen MR) is 127 cm³/mol.